The van der Waals surface area contributed by atoms with Gasteiger partial charge < -0.3 is 10.3 Å². The number of nitrogens with zero attached hydrogens (tertiary/aromatic N) is 1. The van der Waals surface area contributed by atoms with Crippen molar-refractivity contribution in [3.63, 3.8) is 0 Å². The number of amides is 1. The number of nitrogens with one attached hydrogen (secondary N) is 2. The smallest absolute Gasteiger partial charge is 0.324 e. The van der Waals surface area contributed by atoms with Gasteiger partial charge in [-0.15, -0.1) is 0 Å². The number of rotatable bonds is 5. The van der Waals surface area contributed by atoms with Gasteiger partial charge in [-0.25, -0.2) is 9.18 Å². The summed E-state index contributed by atoms with van der Waals surface area (Å²) in [5.41, 5.74) is 0.340. The summed E-state index contributed by atoms with van der Waals surface area (Å²) in [6.45, 7) is 2.94. The van der Waals surface area contributed by atoms with Gasteiger partial charge in [0, 0.05) is 5.69 Å². The number of Topliss-reactive ketones (excluding diaryl/α,β-unsaturated/α-hetero) is 1. The molecule has 0 aliphatic carbocycles. The summed E-state index contributed by atoms with van der Waals surface area (Å²) in [5.74, 6) is -1.30. The first-order valence-corrected chi connectivity index (χ1v) is 8.14. The zero-order valence-electron chi connectivity index (χ0n) is 12.8. The number of aromatic amines is 1. The number of carbonyl (C=O) groups excluding carboxylic acids is 2. The fraction of sp³-hybridized carbons (Fsp3) is 0.200. The number of H-pyrrole nitrogens is 1. The molecule has 1 aromatic heterocycles. The van der Waals surface area contributed by atoms with E-state index in [1.54, 1.807) is 6.92 Å². The van der Waals surface area contributed by atoms with Crippen LogP contribution in [0.1, 0.15) is 23.0 Å². The Balaban J connectivity index is 2.12. The number of thioether (sulfide) groups is 1. The molecule has 0 saturated carbocycles. The lowest BCUT2D eigenvalue weighted by atomic mass is 10.2. The van der Waals surface area contributed by atoms with Crippen molar-refractivity contribution in [3.8, 4) is 0 Å². The number of benzene rings is 1. The van der Waals surface area contributed by atoms with Gasteiger partial charge in [0.2, 0.25) is 5.91 Å². The quantitative estimate of drug-likeness (QED) is 0.480. The molecule has 2 N–H and O–H groups in total. The Morgan fingerprint density at radius 1 is 1.42 bits per heavy atom. The van der Waals surface area contributed by atoms with Gasteiger partial charge in [0.15, 0.2) is 5.78 Å². The standard InChI is InChI=1S/C15H13ClFN3O3S/c1-7-13(8(2)21)14(20-15(23)18-7)24-6-12(22)19-11-4-3-9(17)5-10(11)16/h3-5H,6H2,1-2H3,(H,19,22)(H,18,20,23). The van der Waals surface area contributed by atoms with Gasteiger partial charge in [0.25, 0.3) is 0 Å². The molecule has 126 valence electrons. The molecule has 0 aliphatic rings. The molecule has 0 spiro atoms. The average Bonchev–Trinajstić information content (AvgIpc) is 2.47. The molecule has 1 heterocycles. The van der Waals surface area contributed by atoms with Crippen LogP contribution in [0.25, 0.3) is 0 Å². The molecule has 0 atom stereocenters. The van der Waals surface area contributed by atoms with Crippen LogP contribution in [0.15, 0.2) is 28.0 Å². The van der Waals surface area contributed by atoms with Crippen LogP contribution in [0.4, 0.5) is 10.1 Å². The van der Waals surface area contributed by atoms with E-state index in [4.69, 9.17) is 11.6 Å². The van der Waals surface area contributed by atoms with E-state index in [1.165, 1.54) is 19.1 Å². The van der Waals surface area contributed by atoms with Crippen LogP contribution in [0.5, 0.6) is 0 Å². The van der Waals surface area contributed by atoms with Gasteiger partial charge in [-0.05, 0) is 32.0 Å². The van der Waals surface area contributed by atoms with Crippen molar-refractivity contribution in [1.82, 2.24) is 9.97 Å². The molecule has 2 rings (SSSR count). The fourth-order valence-corrected chi connectivity index (χ4v) is 3.13. The van der Waals surface area contributed by atoms with Gasteiger partial charge in [-0.2, -0.15) is 4.98 Å². The Hall–Kier alpha value is -2.19. The number of hydrogen-bond acceptors (Lipinski definition) is 5. The van der Waals surface area contributed by atoms with Crippen molar-refractivity contribution in [2.24, 2.45) is 0 Å². The third kappa shape index (κ3) is 4.42. The maximum atomic E-state index is 13.0. The third-order valence-corrected chi connectivity index (χ3v) is 4.27. The molecule has 1 amide bonds. The Bertz CT molecular complexity index is 870. The number of carbonyl (C=O) groups is 2. The van der Waals surface area contributed by atoms with Crippen LogP contribution in [0, 0.1) is 12.7 Å². The second-order valence-corrected chi connectivity index (χ2v) is 6.24. The van der Waals surface area contributed by atoms with Crippen LogP contribution < -0.4 is 11.0 Å². The van der Waals surface area contributed by atoms with E-state index < -0.39 is 17.4 Å². The molecule has 0 unspecified atom stereocenters. The zero-order chi connectivity index (χ0) is 17.9. The van der Waals surface area contributed by atoms with E-state index in [9.17, 15) is 18.8 Å². The summed E-state index contributed by atoms with van der Waals surface area (Å²) < 4.78 is 13.0. The van der Waals surface area contributed by atoms with Crippen LogP contribution in [0.3, 0.4) is 0 Å². The van der Waals surface area contributed by atoms with Crippen LogP contribution in [0.2, 0.25) is 5.02 Å². The van der Waals surface area contributed by atoms with Gasteiger partial charge in [0.1, 0.15) is 10.8 Å². The van der Waals surface area contributed by atoms with E-state index in [1.807, 2.05) is 0 Å². The van der Waals surface area contributed by atoms with Crippen LogP contribution in [-0.4, -0.2) is 27.4 Å². The highest BCUT2D eigenvalue weighted by atomic mass is 35.5. The second kappa shape index (κ2) is 7.59. The van der Waals surface area contributed by atoms with Gasteiger partial charge in [-0.3, -0.25) is 9.59 Å². The van der Waals surface area contributed by atoms with Crippen molar-refractivity contribution >= 4 is 40.7 Å². The highest BCUT2D eigenvalue weighted by Crippen LogP contribution is 2.24. The van der Waals surface area contributed by atoms with Crippen molar-refractivity contribution in [1.29, 1.82) is 0 Å². The average molecular weight is 370 g/mol. The molecule has 0 aliphatic heterocycles. The molecular formula is C15H13ClFN3O3S. The summed E-state index contributed by atoms with van der Waals surface area (Å²) >= 11 is 6.79. The Kier molecular flexibility index (Phi) is 5.74. The maximum absolute atomic E-state index is 13.0. The number of halogens is 2. The Labute approximate surface area is 145 Å². The molecule has 0 fully saturated rings. The van der Waals surface area contributed by atoms with Gasteiger partial charge in [0.05, 0.1) is 22.0 Å². The minimum atomic E-state index is -0.595. The number of hydrogen-bond donors (Lipinski definition) is 2. The third-order valence-electron chi connectivity index (χ3n) is 2.98. The van der Waals surface area contributed by atoms with Crippen molar-refractivity contribution in [2.45, 2.75) is 18.9 Å². The number of aryl methyl sites for hydroxylation is 1. The van der Waals surface area contributed by atoms with Gasteiger partial charge >= 0.3 is 5.69 Å². The van der Waals surface area contributed by atoms with Crippen molar-refractivity contribution in [3.05, 3.63) is 50.8 Å². The Morgan fingerprint density at radius 3 is 2.75 bits per heavy atom. The van der Waals surface area contributed by atoms with E-state index in [-0.39, 0.29) is 32.8 Å². The minimum Gasteiger partial charge on any atom is -0.324 e. The Morgan fingerprint density at radius 2 is 2.12 bits per heavy atom. The van der Waals surface area contributed by atoms with E-state index in [0.717, 1.165) is 17.8 Å². The summed E-state index contributed by atoms with van der Waals surface area (Å²) in [5, 5.41) is 2.79. The molecule has 0 saturated heterocycles. The fourth-order valence-electron chi connectivity index (χ4n) is 1.99. The maximum Gasteiger partial charge on any atom is 0.346 e. The van der Waals surface area contributed by atoms with E-state index in [2.05, 4.69) is 15.3 Å². The number of ketones is 1. The predicted octanol–water partition coefficient (Wildman–Crippen LogP) is 2.80. The molecule has 1 aromatic carbocycles. The molecule has 0 radical (unpaired) electrons. The monoisotopic (exact) mass is 369 g/mol. The SMILES string of the molecule is CC(=O)c1c(SCC(=O)Nc2ccc(F)cc2Cl)nc(=O)[nH]c1C. The van der Waals surface area contributed by atoms with Crippen molar-refractivity contribution in [2.75, 3.05) is 11.1 Å². The lowest BCUT2D eigenvalue weighted by Crippen LogP contribution is -2.19. The lowest BCUT2D eigenvalue weighted by Gasteiger charge is -2.09. The molecule has 6 nitrogen and oxygen atoms in total. The summed E-state index contributed by atoms with van der Waals surface area (Å²) in [6.07, 6.45) is 0. The summed E-state index contributed by atoms with van der Waals surface area (Å²) in [7, 11) is 0. The highest BCUT2D eigenvalue weighted by Gasteiger charge is 2.16. The summed E-state index contributed by atoms with van der Waals surface area (Å²) in [4.78, 5) is 41.3. The number of aromatic nitrogens is 2. The molecular weight excluding hydrogens is 357 g/mol. The molecule has 0 bridgehead atoms. The van der Waals surface area contributed by atoms with Crippen LogP contribution >= 0.6 is 23.4 Å². The zero-order valence-corrected chi connectivity index (χ0v) is 14.3. The highest BCUT2D eigenvalue weighted by molar-refractivity contribution is 8.00. The normalized spacial score (nSPS) is 10.5. The largest absolute Gasteiger partial charge is 0.346 e. The molecule has 9 heteroatoms. The van der Waals surface area contributed by atoms with E-state index in [0.29, 0.717) is 5.69 Å². The number of anilines is 1. The molecule has 24 heavy (non-hydrogen) atoms. The lowest BCUT2D eigenvalue weighted by molar-refractivity contribution is -0.113. The first-order valence-electron chi connectivity index (χ1n) is 6.77. The first-order chi connectivity index (χ1) is 11.3. The van der Waals surface area contributed by atoms with Gasteiger partial charge in [-0.1, -0.05) is 23.4 Å². The first kappa shape index (κ1) is 18.2. The second-order valence-electron chi connectivity index (χ2n) is 4.86. The van der Waals surface area contributed by atoms with Crippen molar-refractivity contribution < 1.29 is 14.0 Å². The van der Waals surface area contributed by atoms with Crippen LogP contribution in [-0.2, 0) is 4.79 Å². The van der Waals surface area contributed by atoms with E-state index >= 15 is 0 Å². The predicted molar refractivity (Wildman–Crippen MR) is 90.4 cm³/mol. The summed E-state index contributed by atoms with van der Waals surface area (Å²) in [6, 6.07) is 3.60. The molecule has 2 aromatic rings. The minimum absolute atomic E-state index is 0.0721. The topological polar surface area (TPSA) is 91.9 Å².